The van der Waals surface area contributed by atoms with E-state index >= 15 is 0 Å². The molecule has 0 spiro atoms. The highest BCUT2D eigenvalue weighted by Gasteiger charge is 2.04. The zero-order valence-electron chi connectivity index (χ0n) is 12.3. The van der Waals surface area contributed by atoms with Gasteiger partial charge in [-0.1, -0.05) is 48.5 Å². The number of hydrogen-bond acceptors (Lipinski definition) is 2. The molecular formula is C19H16N2O. The van der Waals surface area contributed by atoms with E-state index in [1.165, 1.54) is 29.2 Å². The van der Waals surface area contributed by atoms with Crippen molar-refractivity contribution in [1.82, 2.24) is 9.97 Å². The van der Waals surface area contributed by atoms with Crippen molar-refractivity contribution < 1.29 is 4.79 Å². The largest absolute Gasteiger partial charge is 0.342 e. The van der Waals surface area contributed by atoms with Gasteiger partial charge >= 0.3 is 0 Å². The van der Waals surface area contributed by atoms with Crippen molar-refractivity contribution in [1.29, 1.82) is 0 Å². The summed E-state index contributed by atoms with van der Waals surface area (Å²) in [4.78, 5) is 18.6. The van der Waals surface area contributed by atoms with E-state index in [1.807, 2.05) is 30.3 Å². The van der Waals surface area contributed by atoms with Crippen LogP contribution in [0, 0.1) is 6.92 Å². The first-order valence-corrected chi connectivity index (χ1v) is 7.11. The fourth-order valence-electron chi connectivity index (χ4n) is 2.32. The van der Waals surface area contributed by atoms with E-state index in [1.54, 1.807) is 6.08 Å². The van der Waals surface area contributed by atoms with Crippen LogP contribution in [0.4, 0.5) is 0 Å². The van der Waals surface area contributed by atoms with Crippen molar-refractivity contribution in [3.8, 4) is 11.1 Å². The Morgan fingerprint density at radius 2 is 1.95 bits per heavy atom. The van der Waals surface area contributed by atoms with Crippen molar-refractivity contribution in [2.75, 3.05) is 0 Å². The van der Waals surface area contributed by atoms with Gasteiger partial charge in [0.25, 0.3) is 0 Å². The standard InChI is InChI=1S/C19H16N2O/c1-14-7-8-15(9-10-19(22)18-12-20-13-21-18)11-17(14)16-5-3-2-4-6-16/h2-13H,1H3,(H,20,21)/b10-9+. The van der Waals surface area contributed by atoms with Crippen molar-refractivity contribution in [3.05, 3.63) is 84.0 Å². The molecule has 0 radical (unpaired) electrons. The molecule has 0 amide bonds. The highest BCUT2D eigenvalue weighted by Crippen LogP contribution is 2.24. The predicted octanol–water partition coefficient (Wildman–Crippen LogP) is 4.28. The Hall–Kier alpha value is -2.94. The lowest BCUT2D eigenvalue weighted by molar-refractivity contribution is 0.104. The number of carbonyl (C=O) groups excluding carboxylic acids is 1. The van der Waals surface area contributed by atoms with E-state index in [2.05, 4.69) is 41.2 Å². The molecule has 0 atom stereocenters. The first kappa shape index (κ1) is 14.0. The Morgan fingerprint density at radius 1 is 1.14 bits per heavy atom. The lowest BCUT2D eigenvalue weighted by atomic mass is 9.98. The summed E-state index contributed by atoms with van der Waals surface area (Å²) in [6.45, 7) is 2.09. The van der Waals surface area contributed by atoms with Gasteiger partial charge in [0.2, 0.25) is 5.78 Å². The third-order valence-electron chi connectivity index (χ3n) is 3.54. The molecule has 0 fully saturated rings. The molecule has 3 rings (SSSR count). The van der Waals surface area contributed by atoms with Crippen LogP contribution in [0.3, 0.4) is 0 Å². The first-order valence-electron chi connectivity index (χ1n) is 7.11. The van der Waals surface area contributed by atoms with Crippen LogP contribution in [0.25, 0.3) is 17.2 Å². The summed E-state index contributed by atoms with van der Waals surface area (Å²) in [5, 5.41) is 0. The molecule has 0 aliphatic carbocycles. The number of carbonyl (C=O) groups is 1. The van der Waals surface area contributed by atoms with Gasteiger partial charge in [0.15, 0.2) is 0 Å². The number of aromatic nitrogens is 2. The highest BCUT2D eigenvalue weighted by atomic mass is 16.1. The maximum atomic E-state index is 11.9. The highest BCUT2D eigenvalue weighted by molar-refractivity contribution is 6.05. The van der Waals surface area contributed by atoms with Crippen molar-refractivity contribution >= 4 is 11.9 Å². The molecule has 0 aliphatic rings. The molecule has 1 N–H and O–H groups in total. The zero-order chi connectivity index (χ0) is 15.4. The Balaban J connectivity index is 1.88. The smallest absolute Gasteiger partial charge is 0.203 e. The van der Waals surface area contributed by atoms with Gasteiger partial charge in [0.1, 0.15) is 5.69 Å². The molecule has 22 heavy (non-hydrogen) atoms. The van der Waals surface area contributed by atoms with Crippen LogP contribution >= 0.6 is 0 Å². The van der Waals surface area contributed by atoms with Crippen LogP contribution in [-0.2, 0) is 0 Å². The van der Waals surface area contributed by atoms with Gasteiger partial charge in [0.05, 0.1) is 12.5 Å². The monoisotopic (exact) mass is 288 g/mol. The summed E-state index contributed by atoms with van der Waals surface area (Å²) in [5.41, 5.74) is 5.05. The van der Waals surface area contributed by atoms with E-state index in [0.717, 1.165) is 5.56 Å². The van der Waals surface area contributed by atoms with Crippen molar-refractivity contribution in [2.24, 2.45) is 0 Å². The number of nitrogens with zero attached hydrogens (tertiary/aromatic N) is 1. The molecule has 3 nitrogen and oxygen atoms in total. The minimum atomic E-state index is -0.0839. The number of hydrogen-bond donors (Lipinski definition) is 1. The van der Waals surface area contributed by atoms with Crippen LogP contribution < -0.4 is 0 Å². The topological polar surface area (TPSA) is 45.8 Å². The zero-order valence-corrected chi connectivity index (χ0v) is 12.3. The maximum absolute atomic E-state index is 11.9. The van der Waals surface area contributed by atoms with Crippen molar-refractivity contribution in [2.45, 2.75) is 6.92 Å². The number of aryl methyl sites for hydroxylation is 1. The second-order valence-electron chi connectivity index (χ2n) is 5.10. The van der Waals surface area contributed by atoms with Gasteiger partial charge in [0, 0.05) is 0 Å². The number of H-pyrrole nitrogens is 1. The summed E-state index contributed by atoms with van der Waals surface area (Å²) < 4.78 is 0. The van der Waals surface area contributed by atoms with Crippen LogP contribution in [0.5, 0.6) is 0 Å². The Kier molecular flexibility index (Phi) is 3.97. The van der Waals surface area contributed by atoms with E-state index in [4.69, 9.17) is 0 Å². The first-order chi connectivity index (χ1) is 10.7. The van der Waals surface area contributed by atoms with Crippen LogP contribution in [0.2, 0.25) is 0 Å². The second kappa shape index (κ2) is 6.22. The summed E-state index contributed by atoms with van der Waals surface area (Å²) in [7, 11) is 0. The molecule has 1 aromatic heterocycles. The lowest BCUT2D eigenvalue weighted by Gasteiger charge is -2.07. The Bertz CT molecular complexity index is 803. The molecule has 0 saturated carbocycles. The van der Waals surface area contributed by atoms with Gasteiger partial charge in [-0.25, -0.2) is 4.98 Å². The van der Waals surface area contributed by atoms with Gasteiger partial charge in [-0.2, -0.15) is 0 Å². The summed E-state index contributed by atoms with van der Waals surface area (Å²) in [6, 6.07) is 16.4. The quantitative estimate of drug-likeness (QED) is 0.575. The van der Waals surface area contributed by atoms with E-state index in [-0.39, 0.29) is 5.78 Å². The third kappa shape index (κ3) is 3.04. The number of benzene rings is 2. The Morgan fingerprint density at radius 3 is 2.68 bits per heavy atom. The molecule has 0 saturated heterocycles. The second-order valence-corrected chi connectivity index (χ2v) is 5.10. The fourth-order valence-corrected chi connectivity index (χ4v) is 2.32. The number of rotatable bonds is 4. The fraction of sp³-hybridized carbons (Fsp3) is 0.0526. The SMILES string of the molecule is Cc1ccc(/C=C/C(=O)c2cnc[nH]2)cc1-c1ccccc1. The van der Waals surface area contributed by atoms with E-state index < -0.39 is 0 Å². The van der Waals surface area contributed by atoms with Gasteiger partial charge < -0.3 is 4.98 Å². The third-order valence-corrected chi connectivity index (χ3v) is 3.54. The van der Waals surface area contributed by atoms with Crippen LogP contribution in [-0.4, -0.2) is 15.8 Å². The molecule has 0 unspecified atom stereocenters. The number of imidazole rings is 1. The molecule has 1 heterocycles. The minimum absolute atomic E-state index is 0.0839. The number of nitrogens with one attached hydrogen (secondary N) is 1. The van der Waals surface area contributed by atoms with Crippen LogP contribution in [0.15, 0.2) is 67.1 Å². The molecule has 0 aliphatic heterocycles. The number of allylic oxidation sites excluding steroid dienone is 1. The summed E-state index contributed by atoms with van der Waals surface area (Å²) in [6.07, 6.45) is 6.42. The lowest BCUT2D eigenvalue weighted by Crippen LogP contribution is -1.93. The van der Waals surface area contributed by atoms with Crippen molar-refractivity contribution in [3.63, 3.8) is 0 Å². The average molecular weight is 288 g/mol. The Labute approximate surface area is 129 Å². The molecule has 2 aromatic carbocycles. The van der Waals surface area contributed by atoms with Gasteiger partial charge in [-0.3, -0.25) is 4.79 Å². The summed E-state index contributed by atoms with van der Waals surface area (Å²) >= 11 is 0. The number of ketones is 1. The van der Waals surface area contributed by atoms with E-state index in [0.29, 0.717) is 5.69 Å². The molecular weight excluding hydrogens is 272 g/mol. The molecule has 3 heteroatoms. The van der Waals surface area contributed by atoms with Crippen LogP contribution in [0.1, 0.15) is 21.6 Å². The minimum Gasteiger partial charge on any atom is -0.342 e. The molecule has 108 valence electrons. The number of aromatic amines is 1. The predicted molar refractivity (Wildman–Crippen MR) is 88.6 cm³/mol. The normalized spacial score (nSPS) is 11.0. The molecule has 3 aromatic rings. The van der Waals surface area contributed by atoms with Gasteiger partial charge in [-0.05, 0) is 41.3 Å². The summed E-state index contributed by atoms with van der Waals surface area (Å²) in [5.74, 6) is -0.0839. The maximum Gasteiger partial charge on any atom is 0.203 e. The van der Waals surface area contributed by atoms with Gasteiger partial charge in [-0.15, -0.1) is 0 Å². The average Bonchev–Trinajstić information content (AvgIpc) is 3.09. The molecule has 0 bridgehead atoms. The van der Waals surface area contributed by atoms with E-state index in [9.17, 15) is 4.79 Å².